The number of amides is 2. The number of carboxylic acid groups (broad SMARTS) is 2. The number of carboxylic acids is 2. The summed E-state index contributed by atoms with van der Waals surface area (Å²) in [6.45, 7) is 0. The van der Waals surface area contributed by atoms with Crippen molar-refractivity contribution in [2.24, 2.45) is 0 Å². The highest BCUT2D eigenvalue weighted by atomic mass is 16.4. The molecule has 8 nitrogen and oxygen atoms in total. The Morgan fingerprint density at radius 1 is 0.686 bits per heavy atom. The number of likely N-dealkylation sites (N-methyl/N-ethyl adjacent to an activating group) is 1. The van der Waals surface area contributed by atoms with Crippen molar-refractivity contribution in [3.8, 4) is 0 Å². The van der Waals surface area contributed by atoms with Gasteiger partial charge >= 0.3 is 11.9 Å². The first-order chi connectivity index (χ1) is 16.8. The van der Waals surface area contributed by atoms with Gasteiger partial charge in [0.25, 0.3) is 11.8 Å². The summed E-state index contributed by atoms with van der Waals surface area (Å²) in [7, 11) is 1.41. The van der Waals surface area contributed by atoms with Crippen LogP contribution in [0.25, 0.3) is 0 Å². The fraction of sp³-hybridized carbons (Fsp3) is 0.407. The predicted molar refractivity (Wildman–Crippen MR) is 133 cm³/mol. The fourth-order valence-electron chi connectivity index (χ4n) is 3.92. The number of hydrogen-bond acceptors (Lipinski definition) is 4. The van der Waals surface area contributed by atoms with Gasteiger partial charge in [-0.1, -0.05) is 51.0 Å². The summed E-state index contributed by atoms with van der Waals surface area (Å²) in [5.74, 6) is -3.42. The molecule has 2 aliphatic carbocycles. The van der Waals surface area contributed by atoms with E-state index in [1.54, 1.807) is 0 Å². The van der Waals surface area contributed by atoms with Crippen molar-refractivity contribution in [3.05, 3.63) is 70.9 Å². The molecule has 0 heterocycles. The van der Waals surface area contributed by atoms with Crippen LogP contribution in [0.1, 0.15) is 57.8 Å². The van der Waals surface area contributed by atoms with Gasteiger partial charge in [0, 0.05) is 24.2 Å². The second kappa shape index (κ2) is 14.6. The smallest absolute Gasteiger partial charge is 0.335 e. The molecule has 35 heavy (non-hydrogen) atoms. The number of carbonyl (C=O) groups excluding carboxylic acids is 2. The van der Waals surface area contributed by atoms with Crippen LogP contribution in [0.3, 0.4) is 0 Å². The first-order valence-corrected chi connectivity index (χ1v) is 12.0. The Labute approximate surface area is 205 Å². The van der Waals surface area contributed by atoms with Crippen LogP contribution in [0.15, 0.2) is 70.9 Å². The molecule has 1 saturated carbocycles. The average Bonchev–Trinajstić information content (AvgIpc) is 2.82. The van der Waals surface area contributed by atoms with Crippen molar-refractivity contribution >= 4 is 23.8 Å². The first-order valence-electron chi connectivity index (χ1n) is 12.0. The van der Waals surface area contributed by atoms with E-state index in [1.165, 1.54) is 74.9 Å². The summed E-state index contributed by atoms with van der Waals surface area (Å²) in [6.07, 6.45) is 20.0. The molecule has 0 aromatic carbocycles. The highest BCUT2D eigenvalue weighted by Gasteiger charge is 2.17. The largest absolute Gasteiger partial charge is 0.478 e. The SMILES string of the molecule is CNC(=O)C1=C\C=C(C(=O)O)/C=C\C=C(C(=O)NC2CCCCCCCCC2)/C=C(/C(=O)O)C=C1. The quantitative estimate of drug-likeness (QED) is 0.472. The lowest BCUT2D eigenvalue weighted by Gasteiger charge is -2.20. The molecule has 0 bridgehead atoms. The lowest BCUT2D eigenvalue weighted by atomic mass is 9.97. The molecule has 0 spiro atoms. The van der Waals surface area contributed by atoms with Crippen LogP contribution in [0.2, 0.25) is 0 Å². The molecule has 0 saturated heterocycles. The third-order valence-corrected chi connectivity index (χ3v) is 5.93. The number of hydrogen-bond donors (Lipinski definition) is 4. The molecular weight excluding hydrogens is 448 g/mol. The van der Waals surface area contributed by atoms with E-state index in [1.807, 2.05) is 0 Å². The summed E-state index contributed by atoms with van der Waals surface area (Å²) in [5, 5.41) is 24.6. The van der Waals surface area contributed by atoms with Crippen LogP contribution in [0, 0.1) is 0 Å². The maximum Gasteiger partial charge on any atom is 0.335 e. The van der Waals surface area contributed by atoms with Crippen LogP contribution in [-0.4, -0.2) is 47.1 Å². The van der Waals surface area contributed by atoms with Gasteiger partial charge in [0.05, 0.1) is 11.1 Å². The predicted octanol–water partition coefficient (Wildman–Crippen LogP) is 3.74. The molecule has 0 radical (unpaired) electrons. The van der Waals surface area contributed by atoms with Crippen molar-refractivity contribution in [1.29, 1.82) is 0 Å². The van der Waals surface area contributed by atoms with E-state index in [-0.39, 0.29) is 28.3 Å². The lowest BCUT2D eigenvalue weighted by molar-refractivity contribution is -0.133. The highest BCUT2D eigenvalue weighted by molar-refractivity contribution is 6.01. The minimum absolute atomic E-state index is 0.0126. The summed E-state index contributed by atoms with van der Waals surface area (Å²) < 4.78 is 0. The van der Waals surface area contributed by atoms with Gasteiger partial charge in [-0.25, -0.2) is 9.59 Å². The molecule has 0 atom stereocenters. The second-order valence-corrected chi connectivity index (χ2v) is 8.57. The van der Waals surface area contributed by atoms with Crippen molar-refractivity contribution in [2.45, 2.75) is 63.8 Å². The fourth-order valence-corrected chi connectivity index (χ4v) is 3.92. The number of carbonyl (C=O) groups is 4. The van der Waals surface area contributed by atoms with Crippen molar-refractivity contribution < 1.29 is 29.4 Å². The lowest BCUT2D eigenvalue weighted by Crippen LogP contribution is -2.35. The maximum atomic E-state index is 13.2. The Balaban J connectivity index is 2.41. The molecular formula is C27H34N2O6. The summed E-state index contributed by atoms with van der Waals surface area (Å²) >= 11 is 0. The van der Waals surface area contributed by atoms with E-state index in [9.17, 15) is 29.4 Å². The van der Waals surface area contributed by atoms with Crippen LogP contribution in [0.5, 0.6) is 0 Å². The summed E-state index contributed by atoms with van der Waals surface area (Å²) in [5.41, 5.74) is -0.158. The molecule has 2 rings (SSSR count). The van der Waals surface area contributed by atoms with Crippen molar-refractivity contribution in [3.63, 3.8) is 0 Å². The summed E-state index contributed by atoms with van der Waals surface area (Å²) in [4.78, 5) is 48.8. The van der Waals surface area contributed by atoms with Crippen molar-refractivity contribution in [1.82, 2.24) is 10.6 Å². The molecule has 1 fully saturated rings. The minimum Gasteiger partial charge on any atom is -0.478 e. The van der Waals surface area contributed by atoms with Crippen LogP contribution in [-0.2, 0) is 19.2 Å². The minimum atomic E-state index is -1.27. The van der Waals surface area contributed by atoms with Crippen LogP contribution in [0.4, 0.5) is 0 Å². The first kappa shape index (κ1) is 27.6. The van der Waals surface area contributed by atoms with Crippen molar-refractivity contribution in [2.75, 3.05) is 7.05 Å². The number of allylic oxidation sites excluding steroid dienone is 4. The van der Waals surface area contributed by atoms with Gasteiger partial charge in [-0.2, -0.15) is 0 Å². The molecule has 0 unspecified atom stereocenters. The van der Waals surface area contributed by atoms with Crippen LogP contribution >= 0.6 is 0 Å². The summed E-state index contributed by atoms with van der Waals surface area (Å²) in [6, 6.07) is -0.0126. The Morgan fingerprint density at radius 3 is 1.80 bits per heavy atom. The Bertz CT molecular complexity index is 987. The molecule has 188 valence electrons. The topological polar surface area (TPSA) is 133 Å². The van der Waals surface area contributed by atoms with Gasteiger partial charge in [0.2, 0.25) is 0 Å². The third-order valence-electron chi connectivity index (χ3n) is 5.93. The van der Waals surface area contributed by atoms with E-state index < -0.39 is 23.8 Å². The molecule has 0 aliphatic heterocycles. The maximum absolute atomic E-state index is 13.2. The van der Waals surface area contributed by atoms with Gasteiger partial charge in [0.1, 0.15) is 0 Å². The zero-order valence-electron chi connectivity index (χ0n) is 20.1. The highest BCUT2D eigenvalue weighted by Crippen LogP contribution is 2.18. The third kappa shape index (κ3) is 9.60. The molecule has 2 aliphatic rings. The Kier molecular flexibility index (Phi) is 11.5. The van der Waals surface area contributed by atoms with Crippen LogP contribution < -0.4 is 10.6 Å². The van der Waals surface area contributed by atoms with Gasteiger partial charge in [0.15, 0.2) is 0 Å². The Morgan fingerprint density at radius 2 is 1.23 bits per heavy atom. The standard InChI is InChI=1S/C27H34N2O6/c1-28-24(30)19-14-16-20(26(32)33)10-9-11-21(18-22(17-15-19)27(34)35)25(31)29-23-12-7-5-3-2-4-6-8-13-23/h9-11,14-18,23H,2-8,12-13H2,1H3,(H,28,30)(H,29,31)(H,32,33)(H,34,35)/b10-9-,11-9?,16-14?,17-15?,19-14?,19-15?,20-10?,20-16+,21-11+,21-18?,22-17?,22-18+. The Hall–Kier alpha value is -3.68. The number of rotatable bonds is 5. The molecule has 0 aromatic rings. The van der Waals surface area contributed by atoms with E-state index in [2.05, 4.69) is 10.6 Å². The van der Waals surface area contributed by atoms with Gasteiger partial charge in [-0.15, -0.1) is 0 Å². The molecule has 0 aromatic heterocycles. The normalized spacial score (nSPS) is 23.8. The van der Waals surface area contributed by atoms with Gasteiger partial charge in [-0.05, 0) is 55.4 Å². The second-order valence-electron chi connectivity index (χ2n) is 8.57. The monoisotopic (exact) mass is 482 g/mol. The zero-order chi connectivity index (χ0) is 25.6. The molecule has 2 amide bonds. The average molecular weight is 483 g/mol. The van der Waals surface area contributed by atoms with E-state index in [0.29, 0.717) is 0 Å². The van der Waals surface area contributed by atoms with E-state index >= 15 is 0 Å². The number of nitrogens with one attached hydrogen (secondary N) is 2. The molecule has 4 N–H and O–H groups in total. The van der Waals surface area contributed by atoms with Gasteiger partial charge < -0.3 is 20.8 Å². The number of aliphatic carboxylic acids is 2. The van der Waals surface area contributed by atoms with Gasteiger partial charge in [-0.3, -0.25) is 9.59 Å². The zero-order valence-corrected chi connectivity index (χ0v) is 20.1. The van der Waals surface area contributed by atoms with E-state index in [0.717, 1.165) is 38.5 Å². The molecule has 8 heteroatoms. The van der Waals surface area contributed by atoms with E-state index in [4.69, 9.17) is 0 Å².